The summed E-state index contributed by atoms with van der Waals surface area (Å²) in [5, 5.41) is 6.95. The molecule has 0 aliphatic carbocycles. The van der Waals surface area contributed by atoms with Crippen LogP contribution in [-0.4, -0.2) is 43.9 Å². The van der Waals surface area contributed by atoms with Gasteiger partial charge in [0.25, 0.3) is 0 Å². The Kier molecular flexibility index (Phi) is 9.42. The van der Waals surface area contributed by atoms with Gasteiger partial charge in [-0.15, -0.1) is 24.0 Å². The Hall–Kier alpha value is -1.94. The van der Waals surface area contributed by atoms with E-state index in [0.29, 0.717) is 43.2 Å². The van der Waals surface area contributed by atoms with E-state index in [1.54, 1.807) is 18.3 Å². The number of guanidine groups is 1. The van der Waals surface area contributed by atoms with E-state index in [2.05, 4.69) is 20.6 Å². The quantitative estimate of drug-likeness (QED) is 0.261. The fraction of sp³-hybridized carbons (Fsp3) is 0.368. The molecule has 1 aliphatic heterocycles. The summed E-state index contributed by atoms with van der Waals surface area (Å²) < 4.78 is 16.9. The first kappa shape index (κ1) is 22.4. The molecule has 2 N–H and O–H groups in total. The molecule has 0 bridgehead atoms. The highest BCUT2D eigenvalue weighted by molar-refractivity contribution is 14.0. The van der Waals surface area contributed by atoms with E-state index < -0.39 is 0 Å². The molecule has 0 saturated carbocycles. The van der Waals surface area contributed by atoms with E-state index >= 15 is 0 Å². The zero-order valence-electron chi connectivity index (χ0n) is 15.6. The molecule has 0 unspecified atom stereocenters. The third-order valence-electron chi connectivity index (χ3n) is 3.68. The van der Waals surface area contributed by atoms with Gasteiger partial charge in [-0.1, -0.05) is 11.6 Å². The molecule has 0 amide bonds. The molecule has 9 heteroatoms. The van der Waals surface area contributed by atoms with Crippen LogP contribution in [0.1, 0.15) is 13.3 Å². The van der Waals surface area contributed by atoms with Crippen LogP contribution in [0.3, 0.4) is 0 Å². The van der Waals surface area contributed by atoms with Crippen molar-refractivity contribution in [1.82, 2.24) is 10.3 Å². The van der Waals surface area contributed by atoms with E-state index in [9.17, 15) is 0 Å². The van der Waals surface area contributed by atoms with Crippen molar-refractivity contribution in [2.75, 3.05) is 38.2 Å². The normalized spacial score (nSPS) is 13.1. The number of rotatable bonds is 6. The number of benzene rings is 1. The number of halogens is 2. The standard InChI is InChI=1S/C19H23ClN4O3.HI/c1-2-21-19(23-9-12-27-18-15(20)5-3-8-22-18)24-14-6-7-16-17(13-14)26-11-4-10-25-16;/h3,5-8,13H,2,4,9-12H2,1H3,(H2,21,23,24);1H. The minimum Gasteiger partial charge on any atom is -0.490 e. The van der Waals surface area contributed by atoms with E-state index in [0.717, 1.165) is 30.2 Å². The van der Waals surface area contributed by atoms with Gasteiger partial charge in [-0.25, -0.2) is 9.98 Å². The van der Waals surface area contributed by atoms with Crippen molar-refractivity contribution in [2.45, 2.75) is 13.3 Å². The van der Waals surface area contributed by atoms with Crippen LogP contribution >= 0.6 is 35.6 Å². The summed E-state index contributed by atoms with van der Waals surface area (Å²) in [6, 6.07) is 9.25. The molecule has 152 valence electrons. The summed E-state index contributed by atoms with van der Waals surface area (Å²) in [7, 11) is 0. The zero-order chi connectivity index (χ0) is 18.9. The lowest BCUT2D eigenvalue weighted by molar-refractivity contribution is 0.297. The molecule has 1 aliphatic rings. The molecule has 2 heterocycles. The van der Waals surface area contributed by atoms with Crippen LogP contribution in [0.15, 0.2) is 41.5 Å². The lowest BCUT2D eigenvalue weighted by Gasteiger charge is -2.14. The summed E-state index contributed by atoms with van der Waals surface area (Å²) in [4.78, 5) is 8.60. The first-order chi connectivity index (χ1) is 13.3. The largest absolute Gasteiger partial charge is 0.490 e. The Morgan fingerprint density at radius 2 is 2.07 bits per heavy atom. The van der Waals surface area contributed by atoms with Crippen molar-refractivity contribution >= 4 is 47.2 Å². The van der Waals surface area contributed by atoms with E-state index in [1.165, 1.54) is 0 Å². The van der Waals surface area contributed by atoms with Crippen LogP contribution in [0.25, 0.3) is 0 Å². The van der Waals surface area contributed by atoms with Crippen molar-refractivity contribution in [3.05, 3.63) is 41.6 Å². The minimum absolute atomic E-state index is 0. The predicted octanol–water partition coefficient (Wildman–Crippen LogP) is 3.97. The Labute approximate surface area is 186 Å². The van der Waals surface area contributed by atoms with Gasteiger partial charge in [0.2, 0.25) is 5.88 Å². The highest BCUT2D eigenvalue weighted by Crippen LogP contribution is 2.32. The SMILES string of the molecule is CCNC(=NCCOc1ncccc1Cl)Nc1ccc2c(c1)OCCCO2.I. The van der Waals surface area contributed by atoms with Gasteiger partial charge in [0.05, 0.1) is 19.8 Å². The van der Waals surface area contributed by atoms with E-state index in [-0.39, 0.29) is 24.0 Å². The molecule has 0 saturated heterocycles. The number of aromatic nitrogens is 1. The van der Waals surface area contributed by atoms with Crippen LogP contribution in [-0.2, 0) is 0 Å². The Balaban J connectivity index is 0.00000280. The molecular weight excluding hydrogens is 495 g/mol. The summed E-state index contributed by atoms with van der Waals surface area (Å²) in [6.07, 6.45) is 2.52. The molecule has 0 radical (unpaired) electrons. The fourth-order valence-corrected chi connectivity index (χ4v) is 2.64. The molecule has 0 atom stereocenters. The van der Waals surface area contributed by atoms with Gasteiger partial charge in [0.1, 0.15) is 11.6 Å². The van der Waals surface area contributed by atoms with Crippen LogP contribution < -0.4 is 24.8 Å². The number of pyridine rings is 1. The number of fused-ring (bicyclic) bond motifs is 1. The summed E-state index contributed by atoms with van der Waals surface area (Å²) in [5.74, 6) is 2.57. The summed E-state index contributed by atoms with van der Waals surface area (Å²) >= 11 is 6.02. The average Bonchev–Trinajstić information content (AvgIpc) is 2.91. The van der Waals surface area contributed by atoms with Gasteiger partial charge >= 0.3 is 0 Å². The van der Waals surface area contributed by atoms with Gasteiger partial charge in [0.15, 0.2) is 17.5 Å². The zero-order valence-corrected chi connectivity index (χ0v) is 18.7. The molecule has 1 aromatic carbocycles. The maximum atomic E-state index is 6.02. The fourth-order valence-electron chi connectivity index (χ4n) is 2.46. The van der Waals surface area contributed by atoms with Gasteiger partial charge in [-0.05, 0) is 31.2 Å². The molecule has 7 nitrogen and oxygen atoms in total. The van der Waals surface area contributed by atoms with Crippen LogP contribution in [0.4, 0.5) is 5.69 Å². The highest BCUT2D eigenvalue weighted by Gasteiger charge is 2.11. The van der Waals surface area contributed by atoms with Crippen LogP contribution in [0, 0.1) is 0 Å². The molecule has 2 aromatic rings. The Morgan fingerprint density at radius 3 is 2.86 bits per heavy atom. The second kappa shape index (κ2) is 11.8. The van der Waals surface area contributed by atoms with E-state index in [1.807, 2.05) is 25.1 Å². The second-order valence-corrected chi connectivity index (χ2v) is 6.14. The van der Waals surface area contributed by atoms with Crippen molar-refractivity contribution in [2.24, 2.45) is 4.99 Å². The van der Waals surface area contributed by atoms with Gasteiger partial charge in [-0.2, -0.15) is 0 Å². The smallest absolute Gasteiger partial charge is 0.232 e. The van der Waals surface area contributed by atoms with Gasteiger partial charge in [-0.3, -0.25) is 0 Å². The van der Waals surface area contributed by atoms with Crippen molar-refractivity contribution < 1.29 is 14.2 Å². The third-order valence-corrected chi connectivity index (χ3v) is 3.97. The lowest BCUT2D eigenvalue weighted by atomic mass is 10.3. The van der Waals surface area contributed by atoms with Gasteiger partial charge < -0.3 is 24.8 Å². The monoisotopic (exact) mass is 518 g/mol. The number of nitrogens with one attached hydrogen (secondary N) is 2. The maximum Gasteiger partial charge on any atom is 0.232 e. The summed E-state index contributed by atoms with van der Waals surface area (Å²) in [5.41, 5.74) is 0.868. The molecular formula is C19H24ClIN4O3. The number of nitrogens with zero attached hydrogens (tertiary/aromatic N) is 2. The minimum atomic E-state index is 0. The highest BCUT2D eigenvalue weighted by atomic mass is 127. The second-order valence-electron chi connectivity index (χ2n) is 5.74. The molecule has 0 fully saturated rings. The Morgan fingerprint density at radius 1 is 1.25 bits per heavy atom. The summed E-state index contributed by atoms with van der Waals surface area (Å²) in [6.45, 7) is 4.89. The van der Waals surface area contributed by atoms with Crippen molar-refractivity contribution in [3.8, 4) is 17.4 Å². The van der Waals surface area contributed by atoms with Crippen molar-refractivity contribution in [1.29, 1.82) is 0 Å². The average molecular weight is 519 g/mol. The molecule has 0 spiro atoms. The predicted molar refractivity (Wildman–Crippen MR) is 122 cm³/mol. The molecule has 28 heavy (non-hydrogen) atoms. The van der Waals surface area contributed by atoms with Gasteiger partial charge in [0, 0.05) is 30.9 Å². The first-order valence-corrected chi connectivity index (χ1v) is 9.32. The molecule has 1 aromatic heterocycles. The number of hydrogen-bond acceptors (Lipinski definition) is 5. The maximum absolute atomic E-state index is 6.02. The lowest BCUT2D eigenvalue weighted by Crippen LogP contribution is -2.31. The van der Waals surface area contributed by atoms with Crippen LogP contribution in [0.5, 0.6) is 17.4 Å². The molecule has 3 rings (SSSR count). The van der Waals surface area contributed by atoms with Crippen molar-refractivity contribution in [3.63, 3.8) is 0 Å². The number of aliphatic imine (C=N–C) groups is 1. The first-order valence-electron chi connectivity index (χ1n) is 8.94. The number of hydrogen-bond donors (Lipinski definition) is 2. The van der Waals surface area contributed by atoms with E-state index in [4.69, 9.17) is 25.8 Å². The topological polar surface area (TPSA) is 77.0 Å². The third kappa shape index (κ3) is 6.59. The number of anilines is 1. The van der Waals surface area contributed by atoms with Crippen LogP contribution in [0.2, 0.25) is 5.02 Å². The number of ether oxygens (including phenoxy) is 3. The Bertz CT molecular complexity index is 792.